The molecular formula is C15H14ClF3N2O. The molecular weight excluding hydrogens is 317 g/mol. The normalized spacial score (nSPS) is 11.5. The Bertz CT molecular complexity index is 753. The maximum Gasteiger partial charge on any atom is 0.416 e. The molecule has 0 fully saturated rings. The fourth-order valence-electron chi connectivity index (χ4n) is 1.98. The summed E-state index contributed by atoms with van der Waals surface area (Å²) in [7, 11) is 1.63. The zero-order chi connectivity index (χ0) is 16.5. The van der Waals surface area contributed by atoms with E-state index in [9.17, 15) is 18.0 Å². The number of nitrogens with zero attached hydrogens (tertiary/aromatic N) is 1. The number of benzene rings is 1. The third-order valence-electron chi connectivity index (χ3n) is 3.32. The Morgan fingerprint density at radius 1 is 1.23 bits per heavy atom. The van der Waals surface area contributed by atoms with E-state index in [4.69, 9.17) is 11.6 Å². The second-order valence-corrected chi connectivity index (χ2v) is 5.39. The Morgan fingerprint density at radius 2 is 1.91 bits per heavy atom. The van der Waals surface area contributed by atoms with Gasteiger partial charge in [0.1, 0.15) is 5.69 Å². The van der Waals surface area contributed by atoms with Crippen molar-refractivity contribution in [3.8, 4) is 0 Å². The van der Waals surface area contributed by atoms with E-state index in [2.05, 4.69) is 5.32 Å². The summed E-state index contributed by atoms with van der Waals surface area (Å²) in [5, 5.41) is 2.85. The minimum atomic E-state index is -4.46. The predicted molar refractivity (Wildman–Crippen MR) is 80.2 cm³/mol. The SMILES string of the molecule is Cc1ccc(NCc2cc(Cl)cc(C(F)(F)F)c2)c(=O)n1C. The first-order valence-corrected chi connectivity index (χ1v) is 6.83. The van der Waals surface area contributed by atoms with Gasteiger partial charge in [-0.15, -0.1) is 0 Å². The van der Waals surface area contributed by atoms with Gasteiger partial charge < -0.3 is 9.88 Å². The second kappa shape index (κ2) is 6.04. The Labute approximate surface area is 130 Å². The third kappa shape index (κ3) is 3.62. The van der Waals surface area contributed by atoms with E-state index < -0.39 is 11.7 Å². The Balaban J connectivity index is 2.24. The van der Waals surface area contributed by atoms with E-state index in [0.717, 1.165) is 17.8 Å². The standard InChI is InChI=1S/C15H14ClF3N2O/c1-9-3-4-13(14(22)21(9)2)20-8-10-5-11(15(17,18)19)7-12(16)6-10/h3-7,20H,8H2,1-2H3. The van der Waals surface area contributed by atoms with Crippen LogP contribution in [0.1, 0.15) is 16.8 Å². The Kier molecular flexibility index (Phi) is 4.51. The topological polar surface area (TPSA) is 34.0 Å². The van der Waals surface area contributed by atoms with Gasteiger partial charge in [-0.05, 0) is 42.8 Å². The molecule has 0 amide bonds. The van der Waals surface area contributed by atoms with E-state index in [0.29, 0.717) is 11.3 Å². The minimum Gasteiger partial charge on any atom is -0.377 e. The molecule has 118 valence electrons. The van der Waals surface area contributed by atoms with Gasteiger partial charge in [0.2, 0.25) is 0 Å². The molecule has 0 spiro atoms. The number of alkyl halides is 3. The van der Waals surface area contributed by atoms with Crippen LogP contribution in [-0.2, 0) is 19.8 Å². The summed E-state index contributed by atoms with van der Waals surface area (Å²) in [6, 6.07) is 6.67. The summed E-state index contributed by atoms with van der Waals surface area (Å²) in [6.45, 7) is 1.86. The molecule has 0 aliphatic carbocycles. The quantitative estimate of drug-likeness (QED) is 0.923. The van der Waals surface area contributed by atoms with Crippen LogP contribution in [0.2, 0.25) is 5.02 Å². The molecule has 2 rings (SSSR count). The molecule has 7 heteroatoms. The van der Waals surface area contributed by atoms with Gasteiger partial charge in [0.25, 0.3) is 5.56 Å². The lowest BCUT2D eigenvalue weighted by Crippen LogP contribution is -2.22. The highest BCUT2D eigenvalue weighted by Gasteiger charge is 2.31. The van der Waals surface area contributed by atoms with Crippen molar-refractivity contribution < 1.29 is 13.2 Å². The molecule has 1 aromatic carbocycles. The van der Waals surface area contributed by atoms with Crippen molar-refractivity contribution in [2.75, 3.05) is 5.32 Å². The highest BCUT2D eigenvalue weighted by Crippen LogP contribution is 2.32. The van der Waals surface area contributed by atoms with Crippen molar-refractivity contribution in [1.82, 2.24) is 4.57 Å². The van der Waals surface area contributed by atoms with Crippen molar-refractivity contribution in [2.24, 2.45) is 7.05 Å². The van der Waals surface area contributed by atoms with Crippen molar-refractivity contribution in [3.05, 3.63) is 62.5 Å². The van der Waals surface area contributed by atoms with E-state index in [1.165, 1.54) is 10.6 Å². The molecule has 0 saturated carbocycles. The molecule has 0 aliphatic rings. The van der Waals surface area contributed by atoms with Crippen LogP contribution >= 0.6 is 11.6 Å². The number of pyridine rings is 1. The summed E-state index contributed by atoms with van der Waals surface area (Å²) in [5.41, 5.74) is 0.411. The molecule has 0 unspecified atom stereocenters. The summed E-state index contributed by atoms with van der Waals surface area (Å²) >= 11 is 5.72. The monoisotopic (exact) mass is 330 g/mol. The van der Waals surface area contributed by atoms with E-state index in [1.54, 1.807) is 26.1 Å². The lowest BCUT2D eigenvalue weighted by Gasteiger charge is -2.12. The molecule has 1 aromatic heterocycles. The van der Waals surface area contributed by atoms with E-state index in [-0.39, 0.29) is 17.1 Å². The second-order valence-electron chi connectivity index (χ2n) is 4.95. The van der Waals surface area contributed by atoms with Gasteiger partial charge in [-0.1, -0.05) is 11.6 Å². The van der Waals surface area contributed by atoms with Crippen LogP contribution < -0.4 is 10.9 Å². The summed E-state index contributed by atoms with van der Waals surface area (Å²) in [6.07, 6.45) is -4.46. The Morgan fingerprint density at radius 3 is 2.55 bits per heavy atom. The molecule has 1 N–H and O–H groups in total. The fraction of sp³-hybridized carbons (Fsp3) is 0.267. The van der Waals surface area contributed by atoms with Gasteiger partial charge in [-0.25, -0.2) is 0 Å². The van der Waals surface area contributed by atoms with Gasteiger partial charge in [0.15, 0.2) is 0 Å². The first-order valence-electron chi connectivity index (χ1n) is 6.45. The average molecular weight is 331 g/mol. The minimum absolute atomic E-state index is 0.00318. The van der Waals surface area contributed by atoms with Gasteiger partial charge in [0.05, 0.1) is 5.56 Å². The molecule has 3 nitrogen and oxygen atoms in total. The highest BCUT2D eigenvalue weighted by molar-refractivity contribution is 6.30. The Hall–Kier alpha value is -1.95. The smallest absolute Gasteiger partial charge is 0.377 e. The number of aryl methyl sites for hydroxylation is 1. The fourth-order valence-corrected chi connectivity index (χ4v) is 2.23. The van der Waals surface area contributed by atoms with E-state index >= 15 is 0 Å². The molecule has 1 heterocycles. The predicted octanol–water partition coefficient (Wildman–Crippen LogP) is 3.98. The van der Waals surface area contributed by atoms with Crippen molar-refractivity contribution in [1.29, 1.82) is 0 Å². The molecule has 0 aliphatic heterocycles. The van der Waals surface area contributed by atoms with Gasteiger partial charge in [0, 0.05) is 24.3 Å². The van der Waals surface area contributed by atoms with Crippen LogP contribution in [0.5, 0.6) is 0 Å². The largest absolute Gasteiger partial charge is 0.416 e. The van der Waals surface area contributed by atoms with Crippen molar-refractivity contribution >= 4 is 17.3 Å². The lowest BCUT2D eigenvalue weighted by molar-refractivity contribution is -0.137. The average Bonchev–Trinajstić information content (AvgIpc) is 2.42. The number of hydrogen-bond donors (Lipinski definition) is 1. The first-order chi connectivity index (χ1) is 10.2. The molecule has 0 atom stereocenters. The van der Waals surface area contributed by atoms with Crippen LogP contribution in [0.4, 0.5) is 18.9 Å². The van der Waals surface area contributed by atoms with Crippen LogP contribution in [0.25, 0.3) is 0 Å². The maximum atomic E-state index is 12.7. The van der Waals surface area contributed by atoms with Crippen LogP contribution in [0.3, 0.4) is 0 Å². The molecule has 2 aromatic rings. The van der Waals surface area contributed by atoms with Crippen molar-refractivity contribution in [3.63, 3.8) is 0 Å². The zero-order valence-electron chi connectivity index (χ0n) is 12.0. The van der Waals surface area contributed by atoms with Gasteiger partial charge >= 0.3 is 6.18 Å². The number of halogens is 4. The van der Waals surface area contributed by atoms with Crippen LogP contribution in [0.15, 0.2) is 35.1 Å². The third-order valence-corrected chi connectivity index (χ3v) is 3.54. The zero-order valence-corrected chi connectivity index (χ0v) is 12.7. The molecule has 0 bridgehead atoms. The molecule has 0 radical (unpaired) electrons. The van der Waals surface area contributed by atoms with Crippen LogP contribution in [0, 0.1) is 6.92 Å². The first kappa shape index (κ1) is 16.4. The number of anilines is 1. The lowest BCUT2D eigenvalue weighted by atomic mass is 10.1. The van der Waals surface area contributed by atoms with E-state index in [1.807, 2.05) is 0 Å². The number of hydrogen-bond acceptors (Lipinski definition) is 2. The number of nitrogens with one attached hydrogen (secondary N) is 1. The summed E-state index contributed by atoms with van der Waals surface area (Å²) in [4.78, 5) is 12.0. The summed E-state index contributed by atoms with van der Waals surface area (Å²) < 4.78 is 39.7. The number of rotatable bonds is 3. The number of aromatic nitrogens is 1. The van der Waals surface area contributed by atoms with Crippen molar-refractivity contribution in [2.45, 2.75) is 19.6 Å². The maximum absolute atomic E-state index is 12.7. The molecule has 0 saturated heterocycles. The highest BCUT2D eigenvalue weighted by atomic mass is 35.5. The summed E-state index contributed by atoms with van der Waals surface area (Å²) in [5.74, 6) is 0. The van der Waals surface area contributed by atoms with Gasteiger partial charge in [-0.2, -0.15) is 13.2 Å². The van der Waals surface area contributed by atoms with Gasteiger partial charge in [-0.3, -0.25) is 4.79 Å². The van der Waals surface area contributed by atoms with Crippen LogP contribution in [-0.4, -0.2) is 4.57 Å². The molecule has 22 heavy (non-hydrogen) atoms.